The van der Waals surface area contributed by atoms with Crippen molar-refractivity contribution < 1.29 is 13.2 Å². The van der Waals surface area contributed by atoms with Crippen LogP contribution in [0.4, 0.5) is 11.4 Å². The Bertz CT molecular complexity index is 879. The average Bonchev–Trinajstić information content (AvgIpc) is 3.02. The smallest absolute Gasteiger partial charge is 0.235 e. The number of benzene rings is 2. The Morgan fingerprint density at radius 2 is 1.78 bits per heavy atom. The molecule has 144 valence electrons. The number of amides is 1. The highest BCUT2D eigenvalue weighted by molar-refractivity contribution is 7.93. The van der Waals surface area contributed by atoms with Gasteiger partial charge in [0.15, 0.2) is 0 Å². The van der Waals surface area contributed by atoms with Crippen molar-refractivity contribution in [1.29, 1.82) is 0 Å². The van der Waals surface area contributed by atoms with Gasteiger partial charge in [-0.25, -0.2) is 8.42 Å². The van der Waals surface area contributed by atoms with Gasteiger partial charge in [-0.05, 0) is 42.2 Å². The Labute approximate surface area is 161 Å². The van der Waals surface area contributed by atoms with E-state index in [0.717, 1.165) is 12.0 Å². The van der Waals surface area contributed by atoms with E-state index < -0.39 is 10.0 Å². The maximum Gasteiger partial charge on any atom is 0.235 e. The number of anilines is 2. The summed E-state index contributed by atoms with van der Waals surface area (Å²) in [6.45, 7) is 4.68. The van der Waals surface area contributed by atoms with Crippen LogP contribution in [0.1, 0.15) is 38.2 Å². The van der Waals surface area contributed by atoms with Gasteiger partial charge in [0, 0.05) is 12.2 Å². The summed E-state index contributed by atoms with van der Waals surface area (Å²) in [5.74, 6) is 0.132. The van der Waals surface area contributed by atoms with Gasteiger partial charge in [-0.1, -0.05) is 50.6 Å². The minimum absolute atomic E-state index is 0.0444. The number of nitrogens with one attached hydrogen (secondary N) is 1. The maximum absolute atomic E-state index is 12.9. The molecule has 1 amide bonds. The van der Waals surface area contributed by atoms with Gasteiger partial charge in [-0.15, -0.1) is 0 Å². The van der Waals surface area contributed by atoms with Crippen LogP contribution < -0.4 is 9.62 Å². The van der Waals surface area contributed by atoms with Crippen molar-refractivity contribution in [2.24, 2.45) is 5.92 Å². The van der Waals surface area contributed by atoms with Crippen LogP contribution >= 0.6 is 0 Å². The van der Waals surface area contributed by atoms with Gasteiger partial charge in [0.05, 0.1) is 17.4 Å². The molecule has 0 spiro atoms. The van der Waals surface area contributed by atoms with Crippen molar-refractivity contribution in [2.45, 2.75) is 32.6 Å². The molecule has 1 aliphatic rings. The summed E-state index contributed by atoms with van der Waals surface area (Å²) < 4.78 is 25.5. The summed E-state index contributed by atoms with van der Waals surface area (Å²) >= 11 is 0. The van der Waals surface area contributed by atoms with Gasteiger partial charge < -0.3 is 5.32 Å². The number of rotatable bonds is 6. The number of carbonyl (C=O) groups is 1. The van der Waals surface area contributed by atoms with Crippen molar-refractivity contribution in [3.05, 3.63) is 60.2 Å². The summed E-state index contributed by atoms with van der Waals surface area (Å²) in [5.41, 5.74) is 2.32. The van der Waals surface area contributed by atoms with Crippen LogP contribution in [0.3, 0.4) is 0 Å². The zero-order valence-corrected chi connectivity index (χ0v) is 16.6. The summed E-state index contributed by atoms with van der Waals surface area (Å²) in [5, 5.41) is 2.99. The highest BCUT2D eigenvalue weighted by Gasteiger charge is 2.29. The predicted octanol–water partition coefficient (Wildman–Crippen LogP) is 3.99. The molecule has 2 atom stereocenters. The Balaban J connectivity index is 1.76. The fourth-order valence-electron chi connectivity index (χ4n) is 3.49. The van der Waals surface area contributed by atoms with Crippen molar-refractivity contribution in [3.8, 4) is 0 Å². The number of carbonyl (C=O) groups excluding carboxylic acids is 1. The summed E-state index contributed by atoms with van der Waals surface area (Å²) in [6.07, 6.45) is 1.55. The van der Waals surface area contributed by atoms with E-state index in [4.69, 9.17) is 0 Å². The number of nitrogens with zero attached hydrogens (tertiary/aromatic N) is 1. The fraction of sp³-hybridized carbons (Fsp3) is 0.381. The summed E-state index contributed by atoms with van der Waals surface area (Å²) in [6, 6.07) is 16.8. The zero-order chi connectivity index (χ0) is 19.4. The minimum atomic E-state index is -3.19. The molecule has 0 aliphatic carbocycles. The van der Waals surface area contributed by atoms with Crippen LogP contribution in [0.15, 0.2) is 54.6 Å². The van der Waals surface area contributed by atoms with E-state index in [1.54, 1.807) is 24.3 Å². The molecule has 2 aromatic carbocycles. The lowest BCUT2D eigenvalue weighted by Gasteiger charge is -2.23. The lowest BCUT2D eigenvalue weighted by Crippen LogP contribution is -2.26. The number of sulfonamides is 1. The van der Waals surface area contributed by atoms with Crippen LogP contribution in [0.25, 0.3) is 0 Å². The molecular formula is C21H26N2O3S. The zero-order valence-electron chi connectivity index (χ0n) is 15.8. The van der Waals surface area contributed by atoms with Gasteiger partial charge in [0.1, 0.15) is 0 Å². The van der Waals surface area contributed by atoms with E-state index in [1.807, 2.05) is 30.3 Å². The maximum atomic E-state index is 12.9. The number of hydrogen-bond donors (Lipinski definition) is 1. The highest BCUT2D eigenvalue weighted by Crippen LogP contribution is 2.29. The molecule has 0 aromatic heterocycles. The van der Waals surface area contributed by atoms with Gasteiger partial charge >= 0.3 is 0 Å². The van der Waals surface area contributed by atoms with E-state index in [1.165, 1.54) is 4.31 Å². The monoisotopic (exact) mass is 386 g/mol. The summed E-state index contributed by atoms with van der Waals surface area (Å²) in [7, 11) is -3.19. The second-order valence-electron chi connectivity index (χ2n) is 7.05. The van der Waals surface area contributed by atoms with E-state index in [9.17, 15) is 13.2 Å². The van der Waals surface area contributed by atoms with E-state index in [-0.39, 0.29) is 23.5 Å². The van der Waals surface area contributed by atoms with Crippen LogP contribution in [0.5, 0.6) is 0 Å². The van der Waals surface area contributed by atoms with Crippen LogP contribution in [-0.4, -0.2) is 26.6 Å². The van der Waals surface area contributed by atoms with Crippen LogP contribution in [0, 0.1) is 5.92 Å². The van der Waals surface area contributed by atoms with Gasteiger partial charge in [0.25, 0.3) is 0 Å². The molecule has 27 heavy (non-hydrogen) atoms. The fourth-order valence-corrected chi connectivity index (χ4v) is 5.06. The van der Waals surface area contributed by atoms with Gasteiger partial charge in [-0.2, -0.15) is 0 Å². The van der Waals surface area contributed by atoms with E-state index in [2.05, 4.69) is 19.2 Å². The van der Waals surface area contributed by atoms with Crippen LogP contribution in [-0.2, 0) is 14.8 Å². The molecule has 2 unspecified atom stereocenters. The Morgan fingerprint density at radius 1 is 1.11 bits per heavy atom. The topological polar surface area (TPSA) is 66.5 Å². The lowest BCUT2D eigenvalue weighted by molar-refractivity contribution is -0.118. The second-order valence-corrected chi connectivity index (χ2v) is 9.06. The average molecular weight is 387 g/mol. The predicted molar refractivity (Wildman–Crippen MR) is 109 cm³/mol. The first-order valence-corrected chi connectivity index (χ1v) is 11.0. The molecule has 0 radical (unpaired) electrons. The first-order chi connectivity index (χ1) is 12.9. The van der Waals surface area contributed by atoms with E-state index >= 15 is 0 Å². The standard InChI is InChI=1S/C21H26N2O3S/c1-3-16(2)20(17-8-5-4-6-9-17)21(24)22-18-10-12-19(13-11-18)23-14-7-15-27(23,25)26/h4-6,8-13,16,20H,3,7,14-15H2,1-2H3,(H,22,24). The highest BCUT2D eigenvalue weighted by atomic mass is 32.2. The van der Waals surface area contributed by atoms with Crippen molar-refractivity contribution in [2.75, 3.05) is 21.9 Å². The molecule has 1 saturated heterocycles. The molecule has 1 N–H and O–H groups in total. The molecule has 6 heteroatoms. The third-order valence-electron chi connectivity index (χ3n) is 5.18. The van der Waals surface area contributed by atoms with E-state index in [0.29, 0.717) is 24.3 Å². The third kappa shape index (κ3) is 4.33. The molecule has 5 nitrogen and oxygen atoms in total. The Hall–Kier alpha value is -2.34. The Morgan fingerprint density at radius 3 is 2.33 bits per heavy atom. The first-order valence-electron chi connectivity index (χ1n) is 9.38. The van der Waals surface area contributed by atoms with Gasteiger partial charge in [0.2, 0.25) is 15.9 Å². The third-order valence-corrected chi connectivity index (χ3v) is 7.05. The normalized spacial score (nSPS) is 18.1. The molecule has 1 heterocycles. The SMILES string of the molecule is CCC(C)C(C(=O)Nc1ccc(N2CCCS2(=O)=O)cc1)c1ccccc1. The minimum Gasteiger partial charge on any atom is -0.326 e. The first kappa shape index (κ1) is 19.4. The van der Waals surface area contributed by atoms with Gasteiger partial charge in [-0.3, -0.25) is 9.10 Å². The van der Waals surface area contributed by atoms with Crippen LogP contribution in [0.2, 0.25) is 0 Å². The molecule has 0 bridgehead atoms. The number of hydrogen-bond acceptors (Lipinski definition) is 3. The second kappa shape index (κ2) is 8.13. The molecule has 1 aliphatic heterocycles. The largest absolute Gasteiger partial charge is 0.326 e. The molecule has 0 saturated carbocycles. The quantitative estimate of drug-likeness (QED) is 0.816. The van der Waals surface area contributed by atoms with Crippen molar-refractivity contribution >= 4 is 27.3 Å². The summed E-state index contributed by atoms with van der Waals surface area (Å²) in [4.78, 5) is 12.9. The molecular weight excluding hydrogens is 360 g/mol. The molecule has 1 fully saturated rings. The van der Waals surface area contributed by atoms with Crippen molar-refractivity contribution in [1.82, 2.24) is 0 Å². The van der Waals surface area contributed by atoms with Crippen molar-refractivity contribution in [3.63, 3.8) is 0 Å². The molecule has 2 aromatic rings. The lowest BCUT2D eigenvalue weighted by atomic mass is 9.85. The molecule has 3 rings (SSSR count). The Kier molecular flexibility index (Phi) is 5.85.